The Morgan fingerprint density at radius 2 is 1.93 bits per heavy atom. The number of hydrogen-bond acceptors (Lipinski definition) is 3. The zero-order chi connectivity index (χ0) is 10.6. The SMILES string of the molecule is Cl.N=C(N)c1ccc(OCC(=O)Cl)cc1. The fourth-order valence-corrected chi connectivity index (χ4v) is 0.925. The highest BCUT2D eigenvalue weighted by molar-refractivity contribution is 6.63. The van der Waals surface area contributed by atoms with Gasteiger partial charge in [0.2, 0.25) is 0 Å². The second kappa shape index (κ2) is 6.27. The Hall–Kier alpha value is -1.26. The van der Waals surface area contributed by atoms with Crippen molar-refractivity contribution in [2.45, 2.75) is 0 Å². The molecule has 0 aliphatic heterocycles. The fraction of sp³-hybridized carbons (Fsp3) is 0.111. The van der Waals surface area contributed by atoms with E-state index in [1.54, 1.807) is 24.3 Å². The third-order valence-corrected chi connectivity index (χ3v) is 1.63. The van der Waals surface area contributed by atoms with Gasteiger partial charge in [0.15, 0.2) is 6.61 Å². The minimum Gasteiger partial charge on any atom is -0.484 e. The monoisotopic (exact) mass is 248 g/mol. The summed E-state index contributed by atoms with van der Waals surface area (Å²) in [5.41, 5.74) is 5.86. The minimum absolute atomic E-state index is 0. The van der Waals surface area contributed by atoms with Crippen LogP contribution in [0.3, 0.4) is 0 Å². The summed E-state index contributed by atoms with van der Waals surface area (Å²) in [6.07, 6.45) is 0. The second-order valence-corrected chi connectivity index (χ2v) is 3.00. The van der Waals surface area contributed by atoms with Crippen molar-refractivity contribution in [2.24, 2.45) is 5.73 Å². The number of halogens is 2. The molecule has 3 N–H and O–H groups in total. The molecule has 6 heteroatoms. The van der Waals surface area contributed by atoms with Crippen LogP contribution in [0, 0.1) is 5.41 Å². The molecule has 0 radical (unpaired) electrons. The third-order valence-electron chi connectivity index (χ3n) is 1.52. The summed E-state index contributed by atoms with van der Waals surface area (Å²) in [6.45, 7) is -0.166. The van der Waals surface area contributed by atoms with Crippen LogP contribution in [0.4, 0.5) is 0 Å². The highest BCUT2D eigenvalue weighted by Crippen LogP contribution is 2.11. The summed E-state index contributed by atoms with van der Waals surface area (Å²) in [4.78, 5) is 10.4. The van der Waals surface area contributed by atoms with E-state index in [0.29, 0.717) is 11.3 Å². The molecule has 0 fully saturated rings. The number of rotatable bonds is 4. The molecule has 0 heterocycles. The molecule has 0 bridgehead atoms. The van der Waals surface area contributed by atoms with Crippen LogP contribution >= 0.6 is 24.0 Å². The molecule has 0 aromatic heterocycles. The first-order valence-corrected chi connectivity index (χ1v) is 4.23. The van der Waals surface area contributed by atoms with Crippen molar-refractivity contribution in [3.63, 3.8) is 0 Å². The number of amidine groups is 1. The first kappa shape index (κ1) is 13.7. The maximum Gasteiger partial charge on any atom is 0.259 e. The maximum atomic E-state index is 10.4. The molecule has 0 saturated carbocycles. The van der Waals surface area contributed by atoms with E-state index in [9.17, 15) is 4.79 Å². The van der Waals surface area contributed by atoms with Crippen molar-refractivity contribution < 1.29 is 9.53 Å². The van der Waals surface area contributed by atoms with E-state index in [4.69, 9.17) is 27.5 Å². The second-order valence-electron chi connectivity index (χ2n) is 2.58. The number of benzene rings is 1. The summed E-state index contributed by atoms with van der Waals surface area (Å²) in [5, 5.41) is 6.58. The number of nitrogens with two attached hydrogens (primary N) is 1. The van der Waals surface area contributed by atoms with Gasteiger partial charge in [0, 0.05) is 5.56 Å². The van der Waals surface area contributed by atoms with E-state index < -0.39 is 5.24 Å². The number of nitrogen functional groups attached to an aromatic ring is 1. The first-order valence-electron chi connectivity index (χ1n) is 3.85. The van der Waals surface area contributed by atoms with Gasteiger partial charge in [-0.1, -0.05) is 0 Å². The van der Waals surface area contributed by atoms with Gasteiger partial charge in [0.1, 0.15) is 11.6 Å². The molecule has 15 heavy (non-hydrogen) atoms. The lowest BCUT2D eigenvalue weighted by molar-refractivity contribution is -0.113. The average Bonchev–Trinajstić information content (AvgIpc) is 2.15. The predicted octanol–water partition coefficient (Wildman–Crippen LogP) is 1.54. The number of nitrogens with one attached hydrogen (secondary N) is 1. The van der Waals surface area contributed by atoms with Crippen molar-refractivity contribution in [3.05, 3.63) is 29.8 Å². The quantitative estimate of drug-likeness (QED) is 0.482. The number of hydrogen-bond donors (Lipinski definition) is 2. The van der Waals surface area contributed by atoms with Crippen LogP contribution < -0.4 is 10.5 Å². The van der Waals surface area contributed by atoms with Crippen LogP contribution in [-0.2, 0) is 4.79 Å². The largest absolute Gasteiger partial charge is 0.484 e. The van der Waals surface area contributed by atoms with E-state index in [2.05, 4.69) is 0 Å². The molecule has 0 saturated heterocycles. The predicted molar refractivity (Wildman–Crippen MR) is 61.1 cm³/mol. The molecule has 0 aliphatic rings. The van der Waals surface area contributed by atoms with Crippen LogP contribution in [0.5, 0.6) is 5.75 Å². The molecule has 1 rings (SSSR count). The number of ether oxygens (including phenoxy) is 1. The van der Waals surface area contributed by atoms with Crippen LogP contribution in [0.25, 0.3) is 0 Å². The van der Waals surface area contributed by atoms with Gasteiger partial charge in [0.25, 0.3) is 5.24 Å². The standard InChI is InChI=1S/C9H9ClN2O2.ClH/c10-8(13)5-14-7-3-1-6(2-4-7)9(11)12;/h1-4H,5H2,(H3,11,12);1H. The highest BCUT2D eigenvalue weighted by atomic mass is 35.5. The van der Waals surface area contributed by atoms with Crippen molar-refractivity contribution >= 4 is 35.1 Å². The normalized spacial score (nSPS) is 8.87. The molecule has 0 atom stereocenters. The lowest BCUT2D eigenvalue weighted by atomic mass is 10.2. The van der Waals surface area contributed by atoms with E-state index in [1.807, 2.05) is 0 Å². The third kappa shape index (κ3) is 4.67. The lowest BCUT2D eigenvalue weighted by Gasteiger charge is -2.03. The van der Waals surface area contributed by atoms with Gasteiger partial charge in [-0.15, -0.1) is 12.4 Å². The molecule has 0 spiro atoms. The topological polar surface area (TPSA) is 76.2 Å². The minimum atomic E-state index is -0.555. The van der Waals surface area contributed by atoms with Gasteiger partial charge in [-0.25, -0.2) is 0 Å². The molecule has 4 nitrogen and oxygen atoms in total. The fourth-order valence-electron chi connectivity index (χ4n) is 0.871. The molecule has 0 amide bonds. The van der Waals surface area contributed by atoms with Crippen molar-refractivity contribution in [1.29, 1.82) is 5.41 Å². The molecular weight excluding hydrogens is 239 g/mol. The Morgan fingerprint density at radius 1 is 1.40 bits per heavy atom. The van der Waals surface area contributed by atoms with Crippen LogP contribution in [0.15, 0.2) is 24.3 Å². The molecule has 1 aromatic rings. The Balaban J connectivity index is 0.00000196. The molecule has 0 unspecified atom stereocenters. The van der Waals surface area contributed by atoms with Gasteiger partial charge in [0.05, 0.1) is 0 Å². The highest BCUT2D eigenvalue weighted by Gasteiger charge is 1.99. The zero-order valence-electron chi connectivity index (χ0n) is 7.70. The van der Waals surface area contributed by atoms with Gasteiger partial charge < -0.3 is 10.5 Å². The number of carbonyl (C=O) groups is 1. The Morgan fingerprint density at radius 3 is 2.33 bits per heavy atom. The smallest absolute Gasteiger partial charge is 0.259 e. The lowest BCUT2D eigenvalue weighted by Crippen LogP contribution is -2.10. The first-order chi connectivity index (χ1) is 6.59. The summed E-state index contributed by atoms with van der Waals surface area (Å²) in [6, 6.07) is 6.51. The molecule has 1 aromatic carbocycles. The van der Waals surface area contributed by atoms with Crippen molar-refractivity contribution in [2.75, 3.05) is 6.61 Å². The van der Waals surface area contributed by atoms with E-state index in [0.717, 1.165) is 0 Å². The summed E-state index contributed by atoms with van der Waals surface area (Å²) in [7, 11) is 0. The molecule has 82 valence electrons. The van der Waals surface area contributed by atoms with Crippen molar-refractivity contribution in [1.82, 2.24) is 0 Å². The van der Waals surface area contributed by atoms with Gasteiger partial charge in [-0.05, 0) is 35.9 Å². The summed E-state index contributed by atoms with van der Waals surface area (Å²) >= 11 is 5.09. The van der Waals surface area contributed by atoms with E-state index in [-0.39, 0.29) is 24.8 Å². The van der Waals surface area contributed by atoms with Gasteiger partial charge >= 0.3 is 0 Å². The summed E-state index contributed by atoms with van der Waals surface area (Å²) < 4.78 is 5.01. The van der Waals surface area contributed by atoms with E-state index >= 15 is 0 Å². The Labute approximate surface area is 98.3 Å². The van der Waals surface area contributed by atoms with Gasteiger partial charge in [-0.2, -0.15) is 0 Å². The average molecular weight is 249 g/mol. The van der Waals surface area contributed by atoms with Crippen LogP contribution in [-0.4, -0.2) is 17.7 Å². The zero-order valence-corrected chi connectivity index (χ0v) is 9.27. The van der Waals surface area contributed by atoms with E-state index in [1.165, 1.54) is 0 Å². The Bertz CT molecular complexity index is 352. The number of carbonyl (C=O) groups excluding carboxylic acids is 1. The maximum absolute atomic E-state index is 10.4. The molecule has 0 aliphatic carbocycles. The Kier molecular flexibility index (Phi) is 5.74. The van der Waals surface area contributed by atoms with Crippen LogP contribution in [0.2, 0.25) is 0 Å². The summed E-state index contributed by atoms with van der Waals surface area (Å²) in [5.74, 6) is 0.508. The van der Waals surface area contributed by atoms with Crippen LogP contribution in [0.1, 0.15) is 5.56 Å². The van der Waals surface area contributed by atoms with Gasteiger partial charge in [-0.3, -0.25) is 10.2 Å². The van der Waals surface area contributed by atoms with Crippen molar-refractivity contribution in [3.8, 4) is 5.75 Å². The molecular formula is C9H10Cl2N2O2.